The van der Waals surface area contributed by atoms with Gasteiger partial charge in [-0.05, 0) is 56.5 Å². The lowest BCUT2D eigenvalue weighted by Gasteiger charge is -2.33. The minimum Gasteiger partial charge on any atom is -0.424 e. The average molecular weight is 297 g/mol. The minimum absolute atomic E-state index is 0.0923. The number of likely N-dealkylation sites (tertiary alicyclic amines) is 1. The fourth-order valence-electron chi connectivity index (χ4n) is 2.67. The first-order chi connectivity index (χ1) is 10.7. The van der Waals surface area contributed by atoms with Gasteiger partial charge in [0, 0.05) is 30.5 Å². The molecule has 114 valence electrons. The van der Waals surface area contributed by atoms with E-state index in [0.29, 0.717) is 23.4 Å². The zero-order valence-electron chi connectivity index (χ0n) is 12.6. The monoisotopic (exact) mass is 297 g/mol. The number of piperidine rings is 1. The summed E-state index contributed by atoms with van der Waals surface area (Å²) in [7, 11) is 0. The van der Waals surface area contributed by atoms with E-state index >= 15 is 0 Å². The largest absolute Gasteiger partial charge is 0.424 e. The van der Waals surface area contributed by atoms with E-state index in [4.69, 9.17) is 4.74 Å². The summed E-state index contributed by atoms with van der Waals surface area (Å²) in [6, 6.07) is 9.48. The van der Waals surface area contributed by atoms with Gasteiger partial charge < -0.3 is 9.64 Å². The van der Waals surface area contributed by atoms with E-state index in [2.05, 4.69) is 16.9 Å². The van der Waals surface area contributed by atoms with Crippen LogP contribution in [-0.2, 0) is 0 Å². The molecule has 1 fully saturated rings. The van der Waals surface area contributed by atoms with E-state index in [1.165, 1.54) is 6.42 Å². The Balaban J connectivity index is 1.69. The van der Waals surface area contributed by atoms with Crippen LogP contribution >= 0.6 is 0 Å². The third kappa shape index (κ3) is 3.24. The molecule has 1 aromatic carbocycles. The van der Waals surface area contributed by atoms with Crippen molar-refractivity contribution >= 4 is 5.91 Å². The molecule has 1 saturated heterocycles. The summed E-state index contributed by atoms with van der Waals surface area (Å²) in [4.78, 5) is 22.5. The van der Waals surface area contributed by atoms with Crippen LogP contribution < -0.4 is 4.74 Å². The van der Waals surface area contributed by atoms with Gasteiger partial charge in [0.25, 0.3) is 5.91 Å². The van der Waals surface area contributed by atoms with Crippen molar-refractivity contribution in [2.75, 3.05) is 6.54 Å². The molecule has 0 saturated carbocycles. The number of aromatic nitrogens is 2. The molecule has 2 heterocycles. The third-order valence-corrected chi connectivity index (χ3v) is 3.92. The van der Waals surface area contributed by atoms with Gasteiger partial charge in [0.2, 0.25) is 0 Å². The van der Waals surface area contributed by atoms with Gasteiger partial charge >= 0.3 is 6.01 Å². The summed E-state index contributed by atoms with van der Waals surface area (Å²) in [5.74, 6) is 0.712. The molecule has 0 spiro atoms. The van der Waals surface area contributed by atoms with Crippen molar-refractivity contribution in [2.45, 2.75) is 32.2 Å². The predicted molar refractivity (Wildman–Crippen MR) is 82.9 cm³/mol. The average Bonchev–Trinajstić information content (AvgIpc) is 2.56. The Hall–Kier alpha value is -2.43. The second-order valence-corrected chi connectivity index (χ2v) is 5.50. The summed E-state index contributed by atoms with van der Waals surface area (Å²) < 4.78 is 5.53. The minimum atomic E-state index is 0.0923. The Labute approximate surface area is 130 Å². The number of benzene rings is 1. The van der Waals surface area contributed by atoms with Crippen molar-refractivity contribution in [2.24, 2.45) is 0 Å². The van der Waals surface area contributed by atoms with Crippen LogP contribution in [0.4, 0.5) is 0 Å². The highest BCUT2D eigenvalue weighted by atomic mass is 16.5. The van der Waals surface area contributed by atoms with E-state index in [-0.39, 0.29) is 5.91 Å². The summed E-state index contributed by atoms with van der Waals surface area (Å²) >= 11 is 0. The Morgan fingerprint density at radius 3 is 2.59 bits per heavy atom. The highest BCUT2D eigenvalue weighted by molar-refractivity contribution is 5.94. The Morgan fingerprint density at radius 2 is 1.91 bits per heavy atom. The highest BCUT2D eigenvalue weighted by Gasteiger charge is 2.24. The van der Waals surface area contributed by atoms with E-state index in [9.17, 15) is 4.79 Å². The second-order valence-electron chi connectivity index (χ2n) is 5.50. The van der Waals surface area contributed by atoms with Gasteiger partial charge in [-0.15, -0.1) is 0 Å². The topological polar surface area (TPSA) is 55.3 Å². The molecule has 0 aliphatic carbocycles. The van der Waals surface area contributed by atoms with E-state index < -0.39 is 0 Å². The first-order valence-corrected chi connectivity index (χ1v) is 7.60. The molecule has 5 heteroatoms. The van der Waals surface area contributed by atoms with Gasteiger partial charge in [-0.25, -0.2) is 9.97 Å². The highest BCUT2D eigenvalue weighted by Crippen LogP contribution is 2.22. The fraction of sp³-hybridized carbons (Fsp3) is 0.353. The smallest absolute Gasteiger partial charge is 0.321 e. The molecule has 2 aromatic rings. The van der Waals surface area contributed by atoms with Crippen molar-refractivity contribution in [3.8, 4) is 11.8 Å². The second kappa shape index (κ2) is 6.56. The van der Waals surface area contributed by atoms with Crippen LogP contribution in [0.1, 0.15) is 36.5 Å². The van der Waals surface area contributed by atoms with Gasteiger partial charge in [-0.1, -0.05) is 0 Å². The number of hydrogen-bond acceptors (Lipinski definition) is 4. The lowest BCUT2D eigenvalue weighted by atomic mass is 10.0. The Morgan fingerprint density at radius 1 is 1.18 bits per heavy atom. The van der Waals surface area contributed by atoms with E-state index in [1.807, 2.05) is 4.90 Å². The molecule has 1 unspecified atom stereocenters. The maximum absolute atomic E-state index is 12.5. The summed E-state index contributed by atoms with van der Waals surface area (Å²) in [6.45, 7) is 2.96. The van der Waals surface area contributed by atoms with Crippen LogP contribution in [0.25, 0.3) is 0 Å². The van der Waals surface area contributed by atoms with Crippen molar-refractivity contribution in [1.29, 1.82) is 0 Å². The van der Waals surface area contributed by atoms with Gasteiger partial charge in [0.1, 0.15) is 5.75 Å². The molecule has 0 radical (unpaired) electrons. The lowest BCUT2D eigenvalue weighted by Crippen LogP contribution is -2.41. The lowest BCUT2D eigenvalue weighted by molar-refractivity contribution is 0.0635. The maximum atomic E-state index is 12.5. The van der Waals surface area contributed by atoms with Crippen molar-refractivity contribution in [3.05, 3.63) is 48.3 Å². The molecule has 0 bridgehead atoms. The maximum Gasteiger partial charge on any atom is 0.321 e. The molecule has 1 aliphatic rings. The first kappa shape index (κ1) is 14.5. The van der Waals surface area contributed by atoms with Gasteiger partial charge in [0.15, 0.2) is 0 Å². The molecule has 1 atom stereocenters. The van der Waals surface area contributed by atoms with E-state index in [0.717, 1.165) is 19.4 Å². The van der Waals surface area contributed by atoms with Gasteiger partial charge in [0.05, 0.1) is 0 Å². The van der Waals surface area contributed by atoms with Crippen LogP contribution in [-0.4, -0.2) is 33.4 Å². The first-order valence-electron chi connectivity index (χ1n) is 7.60. The molecule has 1 aromatic heterocycles. The number of rotatable bonds is 3. The predicted octanol–water partition coefficient (Wildman–Crippen LogP) is 3.28. The summed E-state index contributed by atoms with van der Waals surface area (Å²) in [5, 5.41) is 0. The Kier molecular flexibility index (Phi) is 4.32. The molecular weight excluding hydrogens is 278 g/mol. The Bertz CT molecular complexity index is 628. The molecule has 3 rings (SSSR count). The zero-order chi connectivity index (χ0) is 15.4. The van der Waals surface area contributed by atoms with Crippen LogP contribution in [0.15, 0.2) is 42.7 Å². The van der Waals surface area contributed by atoms with Crippen LogP contribution in [0.5, 0.6) is 11.8 Å². The SMILES string of the molecule is CC1CCCCN1C(=O)c1ccc(Oc2ncccn2)cc1. The van der Waals surface area contributed by atoms with Crippen molar-refractivity contribution in [1.82, 2.24) is 14.9 Å². The molecule has 22 heavy (non-hydrogen) atoms. The fourth-order valence-corrected chi connectivity index (χ4v) is 2.67. The van der Waals surface area contributed by atoms with Crippen molar-refractivity contribution in [3.63, 3.8) is 0 Å². The van der Waals surface area contributed by atoms with Crippen LogP contribution in [0, 0.1) is 0 Å². The molecule has 1 aliphatic heterocycles. The molecule has 5 nitrogen and oxygen atoms in total. The number of hydrogen-bond donors (Lipinski definition) is 0. The summed E-state index contributed by atoms with van der Waals surface area (Å²) in [5.41, 5.74) is 0.690. The standard InChI is InChI=1S/C17H19N3O2/c1-13-5-2-3-12-20(13)16(21)14-6-8-15(9-7-14)22-17-18-10-4-11-19-17/h4,6-11,13H,2-3,5,12H2,1H3. The quantitative estimate of drug-likeness (QED) is 0.872. The van der Waals surface area contributed by atoms with Crippen LogP contribution in [0.2, 0.25) is 0 Å². The van der Waals surface area contributed by atoms with E-state index in [1.54, 1.807) is 42.7 Å². The third-order valence-electron chi connectivity index (χ3n) is 3.92. The molecule has 1 amide bonds. The number of nitrogens with zero attached hydrogens (tertiary/aromatic N) is 3. The normalized spacial score (nSPS) is 18.0. The van der Waals surface area contributed by atoms with Crippen LogP contribution in [0.3, 0.4) is 0 Å². The molecular formula is C17H19N3O2. The molecule has 0 N–H and O–H groups in total. The van der Waals surface area contributed by atoms with Gasteiger partial charge in [-0.3, -0.25) is 4.79 Å². The number of ether oxygens (including phenoxy) is 1. The number of amides is 1. The number of carbonyl (C=O) groups excluding carboxylic acids is 1. The zero-order valence-corrected chi connectivity index (χ0v) is 12.6. The number of carbonyl (C=O) groups is 1. The van der Waals surface area contributed by atoms with Gasteiger partial charge in [-0.2, -0.15) is 0 Å². The summed E-state index contributed by atoms with van der Waals surface area (Å²) in [6.07, 6.45) is 6.62. The van der Waals surface area contributed by atoms with Crippen molar-refractivity contribution < 1.29 is 9.53 Å².